The largest absolute Gasteiger partial charge is 0.493 e. The van der Waals surface area contributed by atoms with Crippen molar-refractivity contribution in [1.82, 2.24) is 10.3 Å². The first-order valence-corrected chi connectivity index (χ1v) is 11.2. The van der Waals surface area contributed by atoms with Crippen LogP contribution in [0.4, 0.5) is 0 Å². The number of aryl methyl sites for hydroxylation is 2. The Hall–Kier alpha value is -3.12. The standard InChI is InChI=1S/C26H30N2O4/c1-18-24(28-25(32-18)20-6-4-3-5-7-20)14-15-31-22-12-9-19(10-13-22)8-11-21-16-27-17-23(21)26(29)30-2/h3-7,9-10,12-13,21,23,27H,8,11,14-17H2,1-2H3/t21-,23+/m0/s1. The SMILES string of the molecule is COC(=O)[C@@H]1CNC[C@@H]1CCc1ccc(OCCc2nc(-c3ccccc3)oc2C)cc1. The lowest BCUT2D eigenvalue weighted by molar-refractivity contribution is -0.146. The van der Waals surface area contributed by atoms with Gasteiger partial charge in [0.25, 0.3) is 0 Å². The molecule has 0 unspecified atom stereocenters. The number of oxazole rings is 1. The molecule has 0 saturated carbocycles. The minimum Gasteiger partial charge on any atom is -0.493 e. The predicted octanol–water partition coefficient (Wildman–Crippen LogP) is 4.21. The van der Waals surface area contributed by atoms with Gasteiger partial charge in [0.1, 0.15) is 11.5 Å². The van der Waals surface area contributed by atoms with E-state index >= 15 is 0 Å². The van der Waals surface area contributed by atoms with Crippen molar-refractivity contribution in [3.8, 4) is 17.2 Å². The smallest absolute Gasteiger partial charge is 0.310 e. The zero-order valence-corrected chi connectivity index (χ0v) is 18.7. The number of esters is 1. The molecule has 168 valence electrons. The fourth-order valence-corrected chi connectivity index (χ4v) is 4.20. The van der Waals surface area contributed by atoms with Crippen LogP contribution in [0.1, 0.15) is 23.4 Å². The first-order chi connectivity index (χ1) is 15.6. The number of methoxy groups -OCH3 is 1. The first-order valence-electron chi connectivity index (χ1n) is 11.2. The summed E-state index contributed by atoms with van der Waals surface area (Å²) in [7, 11) is 1.46. The van der Waals surface area contributed by atoms with Crippen molar-refractivity contribution >= 4 is 5.97 Å². The summed E-state index contributed by atoms with van der Waals surface area (Å²) in [5, 5.41) is 3.30. The summed E-state index contributed by atoms with van der Waals surface area (Å²) in [5.74, 6) is 2.49. The van der Waals surface area contributed by atoms with E-state index in [9.17, 15) is 4.79 Å². The summed E-state index contributed by atoms with van der Waals surface area (Å²) in [4.78, 5) is 16.5. The summed E-state index contributed by atoms with van der Waals surface area (Å²) >= 11 is 0. The lowest BCUT2D eigenvalue weighted by Gasteiger charge is -2.16. The van der Waals surface area contributed by atoms with Crippen LogP contribution in [0.2, 0.25) is 0 Å². The van der Waals surface area contributed by atoms with Crippen LogP contribution in [0, 0.1) is 18.8 Å². The van der Waals surface area contributed by atoms with Crippen molar-refractivity contribution in [2.75, 3.05) is 26.8 Å². The molecular weight excluding hydrogens is 404 g/mol. The molecule has 6 heteroatoms. The number of carbonyl (C=O) groups excluding carboxylic acids is 1. The zero-order chi connectivity index (χ0) is 22.3. The molecule has 1 fully saturated rings. The van der Waals surface area contributed by atoms with Crippen LogP contribution < -0.4 is 10.1 Å². The van der Waals surface area contributed by atoms with Crippen molar-refractivity contribution in [1.29, 1.82) is 0 Å². The Morgan fingerprint density at radius 2 is 1.88 bits per heavy atom. The second-order valence-corrected chi connectivity index (χ2v) is 8.22. The van der Waals surface area contributed by atoms with Crippen molar-refractivity contribution < 1.29 is 18.7 Å². The summed E-state index contributed by atoms with van der Waals surface area (Å²) in [5.41, 5.74) is 3.14. The van der Waals surface area contributed by atoms with E-state index in [1.54, 1.807) is 0 Å². The molecule has 1 aromatic heterocycles. The van der Waals surface area contributed by atoms with Crippen LogP contribution >= 0.6 is 0 Å². The number of nitrogens with one attached hydrogen (secondary N) is 1. The molecule has 1 N–H and O–H groups in total. The van der Waals surface area contributed by atoms with E-state index < -0.39 is 0 Å². The van der Waals surface area contributed by atoms with Gasteiger partial charge >= 0.3 is 5.97 Å². The number of nitrogens with zero attached hydrogens (tertiary/aromatic N) is 1. The summed E-state index contributed by atoms with van der Waals surface area (Å²) in [6.07, 6.45) is 2.58. The van der Waals surface area contributed by atoms with Crippen molar-refractivity contribution in [2.45, 2.75) is 26.2 Å². The first kappa shape index (κ1) is 22.1. The number of rotatable bonds is 9. The third kappa shape index (κ3) is 5.37. The number of hydrogen-bond donors (Lipinski definition) is 1. The van der Waals surface area contributed by atoms with Crippen molar-refractivity contribution in [2.24, 2.45) is 11.8 Å². The van der Waals surface area contributed by atoms with Crippen LogP contribution in [0.3, 0.4) is 0 Å². The Morgan fingerprint density at radius 3 is 2.62 bits per heavy atom. The Morgan fingerprint density at radius 1 is 1.09 bits per heavy atom. The molecular formula is C26H30N2O4. The zero-order valence-electron chi connectivity index (χ0n) is 18.7. The lowest BCUT2D eigenvalue weighted by Crippen LogP contribution is -2.24. The van der Waals surface area contributed by atoms with Gasteiger partial charge in [-0.3, -0.25) is 4.79 Å². The van der Waals surface area contributed by atoms with E-state index in [0.717, 1.165) is 42.2 Å². The van der Waals surface area contributed by atoms with Crippen molar-refractivity contribution in [3.63, 3.8) is 0 Å². The highest BCUT2D eigenvalue weighted by atomic mass is 16.5. The molecule has 0 radical (unpaired) electrons. The Bertz CT molecular complexity index is 1010. The third-order valence-corrected chi connectivity index (χ3v) is 6.09. The van der Waals surface area contributed by atoms with Crippen LogP contribution in [0.25, 0.3) is 11.5 Å². The third-order valence-electron chi connectivity index (χ3n) is 6.09. The molecule has 4 rings (SSSR count). The minimum atomic E-state index is -0.109. The summed E-state index contributed by atoms with van der Waals surface area (Å²) in [6, 6.07) is 18.1. The molecule has 1 saturated heterocycles. The van der Waals surface area contributed by atoms with Crippen LogP contribution in [-0.4, -0.2) is 37.8 Å². The second kappa shape index (κ2) is 10.5. The lowest BCUT2D eigenvalue weighted by atomic mass is 9.90. The van der Waals surface area contributed by atoms with Crippen LogP contribution in [0.15, 0.2) is 59.0 Å². The van der Waals surface area contributed by atoms with Crippen molar-refractivity contribution in [3.05, 3.63) is 71.6 Å². The number of hydrogen-bond acceptors (Lipinski definition) is 6. The quantitative estimate of drug-likeness (QED) is 0.509. The van der Waals surface area contributed by atoms with Gasteiger partial charge in [0.05, 0.1) is 25.3 Å². The van der Waals surface area contributed by atoms with Gasteiger partial charge in [-0.15, -0.1) is 0 Å². The van der Waals surface area contributed by atoms with Gasteiger partial charge in [-0.1, -0.05) is 30.3 Å². The maximum Gasteiger partial charge on any atom is 0.310 e. The van der Waals surface area contributed by atoms with E-state index in [4.69, 9.17) is 13.9 Å². The molecule has 3 aromatic rings. The molecule has 0 bridgehead atoms. The number of ether oxygens (including phenoxy) is 2. The van der Waals surface area contributed by atoms with E-state index in [1.807, 2.05) is 49.4 Å². The van der Waals surface area contributed by atoms with E-state index in [-0.39, 0.29) is 11.9 Å². The molecule has 0 spiro atoms. The average Bonchev–Trinajstić information content (AvgIpc) is 3.45. The monoisotopic (exact) mass is 434 g/mol. The maximum atomic E-state index is 11.9. The van der Waals surface area contributed by atoms with Gasteiger partial charge in [0.15, 0.2) is 0 Å². The van der Waals surface area contributed by atoms with Gasteiger partial charge in [0.2, 0.25) is 5.89 Å². The highest BCUT2D eigenvalue weighted by Gasteiger charge is 2.33. The molecule has 1 aliphatic heterocycles. The molecule has 6 nitrogen and oxygen atoms in total. The normalized spacial score (nSPS) is 17.9. The Kier molecular flexibility index (Phi) is 7.22. The van der Waals surface area contributed by atoms with Gasteiger partial charge < -0.3 is 19.2 Å². The molecule has 2 aromatic carbocycles. The molecule has 1 aliphatic rings. The summed E-state index contributed by atoms with van der Waals surface area (Å²) < 4.78 is 16.7. The average molecular weight is 435 g/mol. The molecule has 0 aliphatic carbocycles. The second-order valence-electron chi connectivity index (χ2n) is 8.22. The van der Waals surface area contributed by atoms with E-state index in [1.165, 1.54) is 12.7 Å². The number of carbonyl (C=O) groups is 1. The predicted molar refractivity (Wildman–Crippen MR) is 123 cm³/mol. The number of benzene rings is 2. The Balaban J connectivity index is 1.25. The van der Waals surface area contributed by atoms with Crippen LogP contribution in [-0.2, 0) is 22.4 Å². The maximum absolute atomic E-state index is 11.9. The highest BCUT2D eigenvalue weighted by Crippen LogP contribution is 2.25. The fraction of sp³-hybridized carbons (Fsp3) is 0.385. The topological polar surface area (TPSA) is 73.6 Å². The highest BCUT2D eigenvalue weighted by molar-refractivity contribution is 5.73. The van der Waals surface area contributed by atoms with Gasteiger partial charge in [0, 0.05) is 18.5 Å². The molecule has 0 amide bonds. The fourth-order valence-electron chi connectivity index (χ4n) is 4.20. The van der Waals surface area contributed by atoms with Gasteiger partial charge in [-0.05, 0) is 62.1 Å². The van der Waals surface area contributed by atoms with E-state index in [2.05, 4.69) is 22.4 Å². The minimum absolute atomic E-state index is 0.0370. The van der Waals surface area contributed by atoms with Gasteiger partial charge in [-0.2, -0.15) is 0 Å². The molecule has 2 atom stereocenters. The van der Waals surface area contributed by atoms with Gasteiger partial charge in [-0.25, -0.2) is 4.98 Å². The molecule has 32 heavy (non-hydrogen) atoms. The number of aromatic nitrogens is 1. The Labute approximate surface area is 189 Å². The molecule has 2 heterocycles. The summed E-state index contributed by atoms with van der Waals surface area (Å²) in [6.45, 7) is 4.06. The van der Waals surface area contributed by atoms with E-state index in [0.29, 0.717) is 31.4 Å². The van der Waals surface area contributed by atoms with Crippen LogP contribution in [0.5, 0.6) is 5.75 Å².